The highest BCUT2D eigenvalue weighted by molar-refractivity contribution is 14.1. The van der Waals surface area contributed by atoms with E-state index >= 15 is 0 Å². The van der Waals surface area contributed by atoms with E-state index < -0.39 is 11.9 Å². The number of benzene rings is 2. The summed E-state index contributed by atoms with van der Waals surface area (Å²) in [5.41, 5.74) is 1.90. The van der Waals surface area contributed by atoms with E-state index in [1.807, 2.05) is 6.07 Å². The van der Waals surface area contributed by atoms with Crippen LogP contribution in [0.2, 0.25) is 0 Å². The fourth-order valence-corrected chi connectivity index (χ4v) is 2.42. The van der Waals surface area contributed by atoms with Gasteiger partial charge in [-0.15, -0.1) is 0 Å². The highest BCUT2D eigenvalue weighted by atomic mass is 127. The number of halogens is 1. The summed E-state index contributed by atoms with van der Waals surface area (Å²) in [5, 5.41) is 3.09. The summed E-state index contributed by atoms with van der Waals surface area (Å²) >= 11 is 2.12. The number of hydrogen-bond donors (Lipinski definition) is 1. The van der Waals surface area contributed by atoms with Gasteiger partial charge < -0.3 is 14.8 Å². The molecule has 6 heteroatoms. The Hall–Kier alpha value is -2.09. The first-order valence-corrected chi connectivity index (χ1v) is 7.47. The van der Waals surface area contributed by atoms with E-state index in [2.05, 4.69) is 27.9 Å². The Morgan fingerprint density at radius 3 is 2.18 bits per heavy atom. The number of nitrogens with one attached hydrogen (secondary N) is 1. The second kappa shape index (κ2) is 7.26. The number of methoxy groups -OCH3 is 2. The van der Waals surface area contributed by atoms with Gasteiger partial charge in [0.2, 0.25) is 0 Å². The molecule has 0 amide bonds. The highest BCUT2D eigenvalue weighted by Crippen LogP contribution is 2.26. The number of para-hydroxylation sites is 1. The van der Waals surface area contributed by atoms with Gasteiger partial charge in [0.25, 0.3) is 0 Å². The second-order valence-corrected chi connectivity index (χ2v) is 5.59. The second-order valence-electron chi connectivity index (χ2n) is 4.34. The molecule has 22 heavy (non-hydrogen) atoms. The molecule has 2 aromatic carbocycles. The fourth-order valence-electron chi connectivity index (χ4n) is 1.93. The average molecular weight is 411 g/mol. The normalized spacial score (nSPS) is 9.95. The van der Waals surface area contributed by atoms with Crippen molar-refractivity contribution in [3.8, 4) is 0 Å². The van der Waals surface area contributed by atoms with E-state index in [4.69, 9.17) is 9.47 Å². The van der Waals surface area contributed by atoms with Crippen LogP contribution in [-0.4, -0.2) is 26.2 Å². The van der Waals surface area contributed by atoms with Gasteiger partial charge in [-0.1, -0.05) is 12.1 Å². The van der Waals surface area contributed by atoms with Crippen LogP contribution in [0.5, 0.6) is 0 Å². The van der Waals surface area contributed by atoms with E-state index in [-0.39, 0.29) is 0 Å². The Morgan fingerprint density at radius 1 is 0.909 bits per heavy atom. The molecule has 114 valence electrons. The molecule has 0 saturated carbocycles. The largest absolute Gasteiger partial charge is 0.465 e. The molecule has 0 fully saturated rings. The summed E-state index contributed by atoms with van der Waals surface area (Å²) in [6.45, 7) is 0. The minimum absolute atomic E-state index is 0.388. The smallest absolute Gasteiger partial charge is 0.340 e. The predicted molar refractivity (Wildman–Crippen MR) is 91.6 cm³/mol. The third kappa shape index (κ3) is 3.56. The Morgan fingerprint density at radius 2 is 1.50 bits per heavy atom. The standard InChI is InChI=1S/C16H14INO4/c1-21-15(19)11-5-3-4-6-13(11)18-14-8-7-10(17)9-12(14)16(20)22-2/h3-9,18H,1-2H3. The van der Waals surface area contributed by atoms with Crippen LogP contribution in [0.15, 0.2) is 42.5 Å². The monoisotopic (exact) mass is 411 g/mol. The molecule has 5 nitrogen and oxygen atoms in total. The zero-order valence-corrected chi connectivity index (χ0v) is 14.2. The summed E-state index contributed by atoms with van der Waals surface area (Å²) in [6, 6.07) is 12.3. The molecule has 0 heterocycles. The van der Waals surface area contributed by atoms with Crippen molar-refractivity contribution in [2.24, 2.45) is 0 Å². The molecule has 0 aliphatic carbocycles. The molecule has 2 aromatic rings. The molecule has 2 rings (SSSR count). The van der Waals surface area contributed by atoms with E-state index in [0.717, 1.165) is 3.57 Å². The van der Waals surface area contributed by atoms with Crippen molar-refractivity contribution in [1.29, 1.82) is 0 Å². The Labute approximate surface area is 141 Å². The maximum atomic E-state index is 11.9. The van der Waals surface area contributed by atoms with Crippen LogP contribution in [0.1, 0.15) is 20.7 Å². The number of anilines is 2. The van der Waals surface area contributed by atoms with Gasteiger partial charge in [0, 0.05) is 3.57 Å². The van der Waals surface area contributed by atoms with E-state index in [9.17, 15) is 9.59 Å². The summed E-state index contributed by atoms with van der Waals surface area (Å²) in [6.07, 6.45) is 0. The molecule has 0 saturated heterocycles. The third-order valence-corrected chi connectivity index (χ3v) is 3.66. The number of ether oxygens (including phenoxy) is 2. The lowest BCUT2D eigenvalue weighted by atomic mass is 10.1. The molecule has 0 radical (unpaired) electrons. The SMILES string of the molecule is COC(=O)c1ccccc1Nc1ccc(I)cc1C(=O)OC. The predicted octanol–water partition coefficient (Wildman–Crippen LogP) is 3.61. The minimum atomic E-state index is -0.451. The first kappa shape index (κ1) is 16.3. The zero-order chi connectivity index (χ0) is 16.1. The first-order chi connectivity index (χ1) is 10.6. The maximum absolute atomic E-state index is 11.9. The number of carbonyl (C=O) groups is 2. The molecule has 0 atom stereocenters. The molecule has 0 aliphatic heterocycles. The topological polar surface area (TPSA) is 64.6 Å². The van der Waals surface area contributed by atoms with Crippen LogP contribution in [-0.2, 0) is 9.47 Å². The highest BCUT2D eigenvalue weighted by Gasteiger charge is 2.16. The van der Waals surface area contributed by atoms with Crippen molar-refractivity contribution in [2.45, 2.75) is 0 Å². The number of carbonyl (C=O) groups excluding carboxylic acids is 2. The maximum Gasteiger partial charge on any atom is 0.340 e. The van der Waals surface area contributed by atoms with Gasteiger partial charge in [-0.25, -0.2) is 9.59 Å². The summed E-state index contributed by atoms with van der Waals surface area (Å²) in [5.74, 6) is -0.898. The van der Waals surface area contributed by atoms with Gasteiger partial charge in [0.15, 0.2) is 0 Å². The van der Waals surface area contributed by atoms with Crippen LogP contribution < -0.4 is 5.32 Å². The lowest BCUT2D eigenvalue weighted by Gasteiger charge is -2.13. The molecule has 0 bridgehead atoms. The average Bonchev–Trinajstić information content (AvgIpc) is 2.55. The zero-order valence-electron chi connectivity index (χ0n) is 12.1. The lowest BCUT2D eigenvalue weighted by Crippen LogP contribution is -2.09. The quantitative estimate of drug-likeness (QED) is 0.615. The summed E-state index contributed by atoms with van der Waals surface area (Å²) in [7, 11) is 2.65. The van der Waals surface area contributed by atoms with Crippen LogP contribution in [0.3, 0.4) is 0 Å². The van der Waals surface area contributed by atoms with Gasteiger partial charge in [0.05, 0.1) is 36.7 Å². The number of hydrogen-bond acceptors (Lipinski definition) is 5. The van der Waals surface area contributed by atoms with Crippen molar-refractivity contribution in [3.05, 3.63) is 57.2 Å². The van der Waals surface area contributed by atoms with E-state index in [1.54, 1.807) is 36.4 Å². The number of esters is 2. The van der Waals surface area contributed by atoms with Crippen molar-refractivity contribution in [2.75, 3.05) is 19.5 Å². The Balaban J connectivity index is 2.44. The molecule has 0 aromatic heterocycles. The first-order valence-electron chi connectivity index (χ1n) is 6.39. The molecule has 0 unspecified atom stereocenters. The number of rotatable bonds is 4. The van der Waals surface area contributed by atoms with Crippen molar-refractivity contribution >= 4 is 45.9 Å². The summed E-state index contributed by atoms with van der Waals surface area (Å²) in [4.78, 5) is 23.7. The van der Waals surface area contributed by atoms with E-state index in [0.29, 0.717) is 22.5 Å². The van der Waals surface area contributed by atoms with Crippen LogP contribution in [0.4, 0.5) is 11.4 Å². The van der Waals surface area contributed by atoms with Gasteiger partial charge in [-0.05, 0) is 52.9 Å². The molecule has 1 N–H and O–H groups in total. The van der Waals surface area contributed by atoms with Gasteiger partial charge in [0.1, 0.15) is 0 Å². The van der Waals surface area contributed by atoms with E-state index in [1.165, 1.54) is 14.2 Å². The van der Waals surface area contributed by atoms with Crippen LogP contribution in [0.25, 0.3) is 0 Å². The van der Waals surface area contributed by atoms with Gasteiger partial charge >= 0.3 is 11.9 Å². The van der Waals surface area contributed by atoms with Gasteiger partial charge in [-0.2, -0.15) is 0 Å². The van der Waals surface area contributed by atoms with Crippen LogP contribution in [0, 0.1) is 3.57 Å². The minimum Gasteiger partial charge on any atom is -0.465 e. The lowest BCUT2D eigenvalue weighted by molar-refractivity contribution is 0.0593. The molecular formula is C16H14INO4. The fraction of sp³-hybridized carbons (Fsp3) is 0.125. The van der Waals surface area contributed by atoms with Crippen molar-refractivity contribution in [3.63, 3.8) is 0 Å². The third-order valence-electron chi connectivity index (χ3n) is 2.99. The molecule has 0 aliphatic rings. The summed E-state index contributed by atoms with van der Waals surface area (Å²) < 4.78 is 10.5. The Kier molecular flexibility index (Phi) is 5.37. The van der Waals surface area contributed by atoms with Crippen molar-refractivity contribution < 1.29 is 19.1 Å². The Bertz CT molecular complexity index is 715. The van der Waals surface area contributed by atoms with Crippen LogP contribution >= 0.6 is 22.6 Å². The molecular weight excluding hydrogens is 397 g/mol. The molecule has 0 spiro atoms. The van der Waals surface area contributed by atoms with Gasteiger partial charge in [-0.3, -0.25) is 0 Å². The van der Waals surface area contributed by atoms with Crippen molar-refractivity contribution in [1.82, 2.24) is 0 Å².